The minimum Gasteiger partial charge on any atom is -0.369 e. The van der Waals surface area contributed by atoms with E-state index in [0.29, 0.717) is 12.1 Å². The Morgan fingerprint density at radius 2 is 1.89 bits per heavy atom. The number of pyridine rings is 2. The molecule has 1 fully saturated rings. The van der Waals surface area contributed by atoms with Gasteiger partial charge in [-0.15, -0.1) is 0 Å². The molecule has 4 heterocycles. The van der Waals surface area contributed by atoms with E-state index in [-0.39, 0.29) is 25.3 Å². The van der Waals surface area contributed by atoms with Gasteiger partial charge in [-0.2, -0.15) is 13.5 Å². The summed E-state index contributed by atoms with van der Waals surface area (Å²) in [6.07, 6.45) is 7.61. The van der Waals surface area contributed by atoms with Crippen LogP contribution in [0.25, 0.3) is 22.2 Å². The van der Waals surface area contributed by atoms with Crippen LogP contribution >= 0.6 is 13.5 Å². The summed E-state index contributed by atoms with van der Waals surface area (Å²) >= 11 is 0. The molecule has 0 bridgehead atoms. The number of hydrogen-bond donors (Lipinski definition) is 2. The van der Waals surface area contributed by atoms with E-state index < -0.39 is 0 Å². The van der Waals surface area contributed by atoms with E-state index in [1.54, 1.807) is 25.6 Å². The van der Waals surface area contributed by atoms with Crippen LogP contribution in [0, 0.1) is 0 Å². The average Bonchev–Trinajstić information content (AvgIpc) is 3.46. The number of amides is 1. The molecule has 9 heteroatoms. The summed E-state index contributed by atoms with van der Waals surface area (Å²) in [4.78, 5) is 32.7. The molecular weight excluding hydrogens is 470 g/mol. The first kappa shape index (κ1) is 25.4. The van der Waals surface area contributed by atoms with Crippen LogP contribution in [-0.4, -0.2) is 52.5 Å². The van der Waals surface area contributed by atoms with Crippen LogP contribution in [0.3, 0.4) is 0 Å². The van der Waals surface area contributed by atoms with Crippen LogP contribution in [0.15, 0.2) is 61.2 Å². The molecule has 1 aromatic carbocycles. The maximum absolute atomic E-state index is 12.3. The number of aromatic nitrogens is 4. The van der Waals surface area contributed by atoms with Gasteiger partial charge in [0.15, 0.2) is 0 Å². The largest absolute Gasteiger partial charge is 0.369 e. The number of carbonyl (C=O) groups is 1. The first-order valence-corrected chi connectivity index (χ1v) is 12.0. The Labute approximate surface area is 218 Å². The molecule has 0 radical (unpaired) electrons. The van der Waals surface area contributed by atoms with Crippen molar-refractivity contribution in [1.82, 2.24) is 25.3 Å². The van der Waals surface area contributed by atoms with Crippen LogP contribution < -0.4 is 15.5 Å². The van der Waals surface area contributed by atoms with Gasteiger partial charge in [0.1, 0.15) is 18.0 Å². The number of fused-ring (bicyclic) bond motifs is 1. The van der Waals surface area contributed by atoms with Gasteiger partial charge in [0, 0.05) is 62.0 Å². The van der Waals surface area contributed by atoms with E-state index in [0.717, 1.165) is 52.4 Å². The molecule has 1 aliphatic heterocycles. The van der Waals surface area contributed by atoms with Gasteiger partial charge in [-0.25, -0.2) is 15.0 Å². The zero-order valence-electron chi connectivity index (χ0n) is 20.5. The molecule has 1 atom stereocenters. The lowest BCUT2D eigenvalue weighted by molar-refractivity contribution is 0.0964. The summed E-state index contributed by atoms with van der Waals surface area (Å²) in [6, 6.07) is 13.8. The molecule has 0 aliphatic carbocycles. The van der Waals surface area contributed by atoms with Gasteiger partial charge >= 0.3 is 0 Å². The smallest absolute Gasteiger partial charge is 0.251 e. The van der Waals surface area contributed by atoms with E-state index in [1.165, 1.54) is 12.8 Å². The minimum absolute atomic E-state index is 0. The van der Waals surface area contributed by atoms with Gasteiger partial charge in [-0.05, 0) is 36.6 Å². The lowest BCUT2D eigenvalue weighted by Gasteiger charge is -2.17. The Balaban J connectivity index is 0.00000304. The van der Waals surface area contributed by atoms with Gasteiger partial charge < -0.3 is 15.5 Å². The summed E-state index contributed by atoms with van der Waals surface area (Å²) in [7, 11) is 1.64. The van der Waals surface area contributed by atoms with Crippen molar-refractivity contribution in [2.75, 3.05) is 36.9 Å². The highest BCUT2D eigenvalue weighted by Crippen LogP contribution is 2.27. The molecule has 8 nitrogen and oxygen atoms in total. The second-order valence-electron chi connectivity index (χ2n) is 8.85. The average molecular weight is 502 g/mol. The quantitative estimate of drug-likeness (QED) is 0.388. The second kappa shape index (κ2) is 11.3. The third-order valence-electron chi connectivity index (χ3n) is 6.53. The van der Waals surface area contributed by atoms with Crippen LogP contribution in [0.1, 0.15) is 41.6 Å². The fraction of sp³-hybridized carbons (Fsp3) is 0.296. The van der Waals surface area contributed by atoms with Crippen LogP contribution in [0.2, 0.25) is 0 Å². The molecule has 3 aromatic heterocycles. The number of rotatable bonds is 7. The van der Waals surface area contributed by atoms with E-state index in [2.05, 4.69) is 60.6 Å². The summed E-state index contributed by atoms with van der Waals surface area (Å²) in [5, 5.41) is 6.99. The summed E-state index contributed by atoms with van der Waals surface area (Å²) in [5.74, 6) is 1.81. The summed E-state index contributed by atoms with van der Waals surface area (Å²) in [6.45, 7) is 4.95. The Hall–Kier alpha value is -3.72. The molecule has 0 saturated carbocycles. The molecule has 0 spiro atoms. The van der Waals surface area contributed by atoms with E-state index in [4.69, 9.17) is 0 Å². The van der Waals surface area contributed by atoms with E-state index >= 15 is 0 Å². The Bertz CT molecular complexity index is 1340. The predicted octanol–water partition coefficient (Wildman–Crippen LogP) is 4.38. The standard InChI is InChI=1S/C27H29N7O.H2S/c1-18(20-6-5-7-21-22(27(35)28-2)10-11-29-26(20)21)15-30-24-14-23(32-17-33-24)19-8-9-25(31-16-19)34-12-3-4-13-34;/h5-11,14,16-18H,3-4,12-13,15H2,1-2H3,(H,28,35)(H,30,32,33);1H2/t18-;/m1./s1. The molecule has 4 aromatic rings. The molecule has 2 N–H and O–H groups in total. The Kier molecular flexibility index (Phi) is 8.00. The maximum Gasteiger partial charge on any atom is 0.251 e. The predicted molar refractivity (Wildman–Crippen MR) is 149 cm³/mol. The highest BCUT2D eigenvalue weighted by molar-refractivity contribution is 7.59. The molecule has 36 heavy (non-hydrogen) atoms. The second-order valence-corrected chi connectivity index (χ2v) is 8.85. The number of nitrogens with one attached hydrogen (secondary N) is 2. The fourth-order valence-electron chi connectivity index (χ4n) is 4.58. The van der Waals surface area contributed by atoms with Gasteiger partial charge in [-0.3, -0.25) is 9.78 Å². The number of hydrogen-bond acceptors (Lipinski definition) is 7. The number of para-hydroxylation sites is 1. The zero-order valence-corrected chi connectivity index (χ0v) is 21.5. The van der Waals surface area contributed by atoms with Crippen LogP contribution in [0.5, 0.6) is 0 Å². The number of nitrogens with zero attached hydrogens (tertiary/aromatic N) is 5. The van der Waals surface area contributed by atoms with Crippen molar-refractivity contribution >= 4 is 41.9 Å². The van der Waals surface area contributed by atoms with E-state index in [9.17, 15) is 4.79 Å². The monoisotopic (exact) mass is 501 g/mol. The fourth-order valence-corrected chi connectivity index (χ4v) is 4.58. The van der Waals surface area contributed by atoms with Gasteiger partial charge in [0.2, 0.25) is 0 Å². The maximum atomic E-state index is 12.3. The van der Waals surface area contributed by atoms with Gasteiger partial charge in [-0.1, -0.05) is 25.1 Å². The lowest BCUT2D eigenvalue weighted by Crippen LogP contribution is -2.18. The highest BCUT2D eigenvalue weighted by atomic mass is 32.1. The number of carbonyl (C=O) groups excluding carboxylic acids is 1. The van der Waals surface area contributed by atoms with Crippen molar-refractivity contribution in [1.29, 1.82) is 0 Å². The Morgan fingerprint density at radius 1 is 1.06 bits per heavy atom. The van der Waals surface area contributed by atoms with Crippen LogP contribution in [0.4, 0.5) is 11.6 Å². The topological polar surface area (TPSA) is 95.9 Å². The summed E-state index contributed by atoms with van der Waals surface area (Å²) in [5.41, 5.74) is 4.35. The molecule has 186 valence electrons. The van der Waals surface area contributed by atoms with Crippen molar-refractivity contribution in [2.45, 2.75) is 25.7 Å². The Morgan fingerprint density at radius 3 is 2.64 bits per heavy atom. The number of anilines is 2. The van der Waals surface area contributed by atoms with Crippen molar-refractivity contribution in [3.05, 3.63) is 72.3 Å². The first-order valence-electron chi connectivity index (χ1n) is 12.0. The zero-order chi connectivity index (χ0) is 24.2. The van der Waals surface area contributed by atoms with Crippen molar-refractivity contribution in [3.63, 3.8) is 0 Å². The minimum atomic E-state index is -0.114. The van der Waals surface area contributed by atoms with Crippen LogP contribution in [-0.2, 0) is 0 Å². The normalized spacial score (nSPS) is 13.8. The van der Waals surface area contributed by atoms with Gasteiger partial charge in [0.05, 0.1) is 16.8 Å². The van der Waals surface area contributed by atoms with Gasteiger partial charge in [0.25, 0.3) is 5.91 Å². The molecule has 5 rings (SSSR count). The molecular formula is C27H31N7OS. The molecule has 1 aliphatic rings. The highest BCUT2D eigenvalue weighted by Gasteiger charge is 2.16. The van der Waals surface area contributed by atoms with Crippen molar-refractivity contribution in [3.8, 4) is 11.3 Å². The third kappa shape index (κ3) is 5.26. The SMILES string of the molecule is CNC(=O)c1ccnc2c([C@H](C)CNc3cc(-c4ccc(N5CCCC5)nc4)ncn3)cccc12.S. The lowest BCUT2D eigenvalue weighted by atomic mass is 9.96. The number of benzene rings is 1. The molecule has 1 amide bonds. The third-order valence-corrected chi connectivity index (χ3v) is 6.53. The molecule has 1 saturated heterocycles. The summed E-state index contributed by atoms with van der Waals surface area (Å²) < 4.78 is 0. The molecule has 0 unspecified atom stereocenters. The van der Waals surface area contributed by atoms with Crippen molar-refractivity contribution < 1.29 is 4.79 Å². The van der Waals surface area contributed by atoms with E-state index in [1.807, 2.05) is 24.4 Å². The van der Waals surface area contributed by atoms with Crippen molar-refractivity contribution in [2.24, 2.45) is 0 Å². The first-order chi connectivity index (χ1) is 17.1.